The smallest absolute Gasteiger partial charge is 0.216 e. The number of hydrogen-bond donors (Lipinski definition) is 0. The first kappa shape index (κ1) is 16.0. The molecule has 1 aromatic rings. The molecule has 0 amide bonds. The monoisotopic (exact) mass is 327 g/mol. The number of sulfonamides is 1. The molecule has 0 radical (unpaired) electrons. The molecule has 0 atom stereocenters. The van der Waals surface area contributed by atoms with E-state index in [1.54, 1.807) is 11.4 Å². The number of likely N-dealkylation sites (tertiary alicyclic amines) is 1. The first-order valence-electron chi connectivity index (χ1n) is 8.03. The Balaban J connectivity index is 1.46. The fourth-order valence-electron chi connectivity index (χ4n) is 3.11. The van der Waals surface area contributed by atoms with Crippen LogP contribution in [0.5, 0.6) is 0 Å². The summed E-state index contributed by atoms with van der Waals surface area (Å²) in [6.45, 7) is 5.41. The van der Waals surface area contributed by atoms with Crippen molar-refractivity contribution in [1.82, 2.24) is 14.2 Å². The molecular formula is C15H25N3O3S. The molecule has 0 bridgehead atoms. The minimum Gasteiger partial charge on any atom is -0.448 e. The van der Waals surface area contributed by atoms with Gasteiger partial charge >= 0.3 is 0 Å². The SMILES string of the molecule is Cc1ocnc1CN1CCC(CN(C)S(=O)(=O)C2CC2)CC1. The first-order chi connectivity index (χ1) is 10.5. The molecule has 7 heteroatoms. The fourth-order valence-corrected chi connectivity index (χ4v) is 4.77. The number of piperidine rings is 1. The number of oxazole rings is 1. The molecular weight excluding hydrogens is 302 g/mol. The second kappa shape index (κ2) is 6.29. The van der Waals surface area contributed by atoms with Crippen molar-refractivity contribution in [3.8, 4) is 0 Å². The third-order valence-electron chi connectivity index (χ3n) is 4.82. The Morgan fingerprint density at radius 3 is 2.55 bits per heavy atom. The van der Waals surface area contributed by atoms with Crippen molar-refractivity contribution in [3.05, 3.63) is 17.8 Å². The van der Waals surface area contributed by atoms with Crippen molar-refractivity contribution in [2.24, 2.45) is 5.92 Å². The van der Waals surface area contributed by atoms with Gasteiger partial charge in [0.1, 0.15) is 5.76 Å². The zero-order valence-corrected chi connectivity index (χ0v) is 14.2. The van der Waals surface area contributed by atoms with Crippen molar-refractivity contribution in [1.29, 1.82) is 0 Å². The topological polar surface area (TPSA) is 66.7 Å². The molecule has 2 aliphatic rings. The van der Waals surface area contributed by atoms with Crippen molar-refractivity contribution >= 4 is 10.0 Å². The summed E-state index contributed by atoms with van der Waals surface area (Å²) in [5.74, 6) is 1.35. The molecule has 1 aromatic heterocycles. The Labute approximate surface area is 132 Å². The molecule has 124 valence electrons. The molecule has 22 heavy (non-hydrogen) atoms. The van der Waals surface area contributed by atoms with E-state index in [0.29, 0.717) is 12.5 Å². The quantitative estimate of drug-likeness (QED) is 0.794. The van der Waals surface area contributed by atoms with Crippen LogP contribution in [-0.4, -0.2) is 54.5 Å². The van der Waals surface area contributed by atoms with Crippen LogP contribution in [0.2, 0.25) is 0 Å². The van der Waals surface area contributed by atoms with Gasteiger partial charge in [-0.15, -0.1) is 0 Å². The van der Waals surface area contributed by atoms with Crippen LogP contribution in [-0.2, 0) is 16.6 Å². The van der Waals surface area contributed by atoms with Gasteiger partial charge in [0.2, 0.25) is 10.0 Å². The van der Waals surface area contributed by atoms with E-state index in [9.17, 15) is 8.42 Å². The summed E-state index contributed by atoms with van der Waals surface area (Å²) >= 11 is 0. The predicted octanol–water partition coefficient (Wildman–Crippen LogP) is 1.62. The van der Waals surface area contributed by atoms with Crippen LogP contribution in [0.3, 0.4) is 0 Å². The highest BCUT2D eigenvalue weighted by Gasteiger charge is 2.39. The van der Waals surface area contributed by atoms with Gasteiger partial charge in [-0.05, 0) is 51.6 Å². The molecule has 0 aromatic carbocycles. The summed E-state index contributed by atoms with van der Waals surface area (Å²) in [5, 5.41) is -0.104. The molecule has 1 saturated carbocycles. The normalized spacial score (nSPS) is 21.6. The number of nitrogens with zero attached hydrogens (tertiary/aromatic N) is 3. The van der Waals surface area contributed by atoms with Gasteiger partial charge in [-0.2, -0.15) is 0 Å². The highest BCUT2D eigenvalue weighted by molar-refractivity contribution is 7.90. The molecule has 1 aliphatic carbocycles. The standard InChI is InChI=1S/C15H25N3O3S/c1-12-15(16-11-21-12)10-18-7-5-13(6-8-18)9-17(2)22(19,20)14-3-4-14/h11,13-14H,3-10H2,1-2H3. The van der Waals surface area contributed by atoms with Crippen LogP contribution in [0, 0.1) is 12.8 Å². The van der Waals surface area contributed by atoms with Crippen molar-refractivity contribution in [2.75, 3.05) is 26.7 Å². The maximum Gasteiger partial charge on any atom is 0.216 e. The molecule has 3 rings (SSSR count). The minimum absolute atomic E-state index is 0.104. The Morgan fingerprint density at radius 1 is 1.32 bits per heavy atom. The zero-order chi connectivity index (χ0) is 15.7. The highest BCUT2D eigenvalue weighted by Crippen LogP contribution is 2.31. The zero-order valence-electron chi connectivity index (χ0n) is 13.4. The van der Waals surface area contributed by atoms with Gasteiger partial charge in [0, 0.05) is 20.1 Å². The lowest BCUT2D eigenvalue weighted by atomic mass is 9.97. The first-order valence-corrected chi connectivity index (χ1v) is 9.53. The maximum atomic E-state index is 12.2. The summed E-state index contributed by atoms with van der Waals surface area (Å²) in [6, 6.07) is 0. The van der Waals surface area contributed by atoms with Gasteiger partial charge in [-0.1, -0.05) is 0 Å². The fraction of sp³-hybridized carbons (Fsp3) is 0.800. The van der Waals surface area contributed by atoms with Crippen LogP contribution >= 0.6 is 0 Å². The van der Waals surface area contributed by atoms with Gasteiger partial charge in [-0.25, -0.2) is 17.7 Å². The molecule has 0 unspecified atom stereocenters. The lowest BCUT2D eigenvalue weighted by Gasteiger charge is -2.33. The van der Waals surface area contributed by atoms with E-state index < -0.39 is 10.0 Å². The number of aromatic nitrogens is 1. The Bertz CT molecular complexity index is 601. The van der Waals surface area contributed by atoms with E-state index >= 15 is 0 Å². The molecule has 1 saturated heterocycles. The second-order valence-electron chi connectivity index (χ2n) is 6.60. The van der Waals surface area contributed by atoms with Crippen molar-refractivity contribution in [3.63, 3.8) is 0 Å². The third kappa shape index (κ3) is 3.52. The number of hydrogen-bond acceptors (Lipinski definition) is 5. The van der Waals surface area contributed by atoms with Crippen molar-refractivity contribution in [2.45, 2.75) is 44.4 Å². The Morgan fingerprint density at radius 2 is 2.00 bits per heavy atom. The van der Waals surface area contributed by atoms with Crippen LogP contribution < -0.4 is 0 Å². The van der Waals surface area contributed by atoms with E-state index in [-0.39, 0.29) is 5.25 Å². The van der Waals surface area contributed by atoms with Crippen molar-refractivity contribution < 1.29 is 12.8 Å². The summed E-state index contributed by atoms with van der Waals surface area (Å²) in [5.41, 5.74) is 1.01. The molecule has 0 N–H and O–H groups in total. The largest absolute Gasteiger partial charge is 0.448 e. The van der Waals surface area contributed by atoms with E-state index in [1.165, 1.54) is 6.39 Å². The molecule has 1 aliphatic heterocycles. The highest BCUT2D eigenvalue weighted by atomic mass is 32.2. The number of aryl methyl sites for hydroxylation is 1. The minimum atomic E-state index is -3.03. The van der Waals surface area contributed by atoms with Gasteiger partial charge in [0.15, 0.2) is 6.39 Å². The molecule has 2 heterocycles. The average Bonchev–Trinajstić information content (AvgIpc) is 3.27. The summed E-state index contributed by atoms with van der Waals surface area (Å²) < 4.78 is 31.2. The van der Waals surface area contributed by atoms with Gasteiger partial charge in [-0.3, -0.25) is 4.90 Å². The van der Waals surface area contributed by atoms with Crippen LogP contribution in [0.4, 0.5) is 0 Å². The van der Waals surface area contributed by atoms with Crippen LogP contribution in [0.1, 0.15) is 37.1 Å². The second-order valence-corrected chi connectivity index (χ2v) is 8.92. The maximum absolute atomic E-state index is 12.2. The average molecular weight is 327 g/mol. The van der Waals surface area contributed by atoms with Gasteiger partial charge < -0.3 is 4.42 Å². The summed E-state index contributed by atoms with van der Waals surface area (Å²) in [6.07, 6.45) is 5.25. The van der Waals surface area contributed by atoms with E-state index in [4.69, 9.17) is 4.42 Å². The van der Waals surface area contributed by atoms with E-state index in [0.717, 1.165) is 56.8 Å². The van der Waals surface area contributed by atoms with E-state index in [1.807, 2.05) is 6.92 Å². The Hall–Kier alpha value is -0.920. The summed E-state index contributed by atoms with van der Waals surface area (Å²) in [7, 11) is -1.29. The molecule has 0 spiro atoms. The Kier molecular flexibility index (Phi) is 4.56. The van der Waals surface area contributed by atoms with Crippen LogP contribution in [0.25, 0.3) is 0 Å². The summed E-state index contributed by atoms with van der Waals surface area (Å²) in [4.78, 5) is 6.61. The predicted molar refractivity (Wildman–Crippen MR) is 83.8 cm³/mol. The number of rotatable bonds is 6. The lowest BCUT2D eigenvalue weighted by molar-refractivity contribution is 0.164. The van der Waals surface area contributed by atoms with Crippen LogP contribution in [0.15, 0.2) is 10.8 Å². The van der Waals surface area contributed by atoms with Gasteiger partial charge in [0.25, 0.3) is 0 Å². The van der Waals surface area contributed by atoms with E-state index in [2.05, 4.69) is 9.88 Å². The lowest BCUT2D eigenvalue weighted by Crippen LogP contribution is -2.40. The molecule has 2 fully saturated rings. The van der Waals surface area contributed by atoms with Gasteiger partial charge in [0.05, 0.1) is 10.9 Å². The molecule has 6 nitrogen and oxygen atoms in total. The third-order valence-corrected chi connectivity index (χ3v) is 7.15.